The van der Waals surface area contributed by atoms with Crippen molar-refractivity contribution in [2.45, 2.75) is 11.8 Å². The van der Waals surface area contributed by atoms with E-state index in [9.17, 15) is 8.78 Å². The molecule has 0 unspecified atom stereocenters. The van der Waals surface area contributed by atoms with Gasteiger partial charge >= 0.3 is 0 Å². The Morgan fingerprint density at radius 2 is 1.90 bits per heavy atom. The number of thiol groups is 1. The van der Waals surface area contributed by atoms with Crippen molar-refractivity contribution in [3.63, 3.8) is 0 Å². The molecule has 0 aliphatic rings. The van der Waals surface area contributed by atoms with Crippen LogP contribution in [0.4, 0.5) is 8.78 Å². The third-order valence-electron chi connectivity index (χ3n) is 1.20. The van der Waals surface area contributed by atoms with Crippen LogP contribution in [0.3, 0.4) is 0 Å². The van der Waals surface area contributed by atoms with E-state index in [-0.39, 0.29) is 10.5 Å². The molecule has 3 heteroatoms. The Hall–Kier alpha value is -0.570. The molecule has 0 aliphatic carbocycles. The average molecular weight is 160 g/mol. The van der Waals surface area contributed by atoms with Crippen molar-refractivity contribution in [2.75, 3.05) is 0 Å². The Balaban J connectivity index is 3.31. The predicted molar refractivity (Wildman–Crippen MR) is 38.3 cm³/mol. The zero-order valence-corrected chi connectivity index (χ0v) is 6.25. The Morgan fingerprint density at radius 3 is 2.40 bits per heavy atom. The first kappa shape index (κ1) is 7.54. The molecule has 0 saturated heterocycles. The summed E-state index contributed by atoms with van der Waals surface area (Å²) >= 11 is 3.72. The van der Waals surface area contributed by atoms with E-state index in [1.54, 1.807) is 0 Å². The molecule has 0 radical (unpaired) electrons. The fourth-order valence-electron chi connectivity index (χ4n) is 0.708. The van der Waals surface area contributed by atoms with Gasteiger partial charge in [-0.15, -0.1) is 12.6 Å². The molecule has 1 rings (SSSR count). The molecule has 0 fully saturated rings. The SMILES string of the molecule is Cc1cc(F)cc(S)c1F. The molecule has 10 heavy (non-hydrogen) atoms. The predicted octanol–water partition coefficient (Wildman–Crippen LogP) is 2.56. The van der Waals surface area contributed by atoms with E-state index in [0.29, 0.717) is 0 Å². The summed E-state index contributed by atoms with van der Waals surface area (Å²) in [6.07, 6.45) is 0. The summed E-state index contributed by atoms with van der Waals surface area (Å²) in [4.78, 5) is 0.0532. The molecule has 54 valence electrons. The third-order valence-corrected chi connectivity index (χ3v) is 1.53. The molecular weight excluding hydrogens is 154 g/mol. The van der Waals surface area contributed by atoms with E-state index in [1.165, 1.54) is 6.92 Å². The van der Waals surface area contributed by atoms with Gasteiger partial charge in [-0.25, -0.2) is 8.78 Å². The highest BCUT2D eigenvalue weighted by Crippen LogP contribution is 2.17. The maximum atomic E-state index is 12.7. The third kappa shape index (κ3) is 1.29. The number of hydrogen-bond donors (Lipinski definition) is 1. The topological polar surface area (TPSA) is 0 Å². The summed E-state index contributed by atoms with van der Waals surface area (Å²) in [5, 5.41) is 0. The lowest BCUT2D eigenvalue weighted by Gasteiger charge is -1.98. The lowest BCUT2D eigenvalue weighted by molar-refractivity contribution is 0.569. The van der Waals surface area contributed by atoms with Gasteiger partial charge in [0.1, 0.15) is 11.6 Å². The Kier molecular flexibility index (Phi) is 1.94. The molecule has 0 aliphatic heterocycles. The van der Waals surface area contributed by atoms with E-state index in [2.05, 4.69) is 12.6 Å². The number of halogens is 2. The van der Waals surface area contributed by atoms with E-state index in [0.717, 1.165) is 12.1 Å². The van der Waals surface area contributed by atoms with Gasteiger partial charge < -0.3 is 0 Å². The Bertz CT molecular complexity index is 235. The van der Waals surface area contributed by atoms with Crippen LogP contribution in [-0.4, -0.2) is 0 Å². The van der Waals surface area contributed by atoms with Crippen molar-refractivity contribution >= 4 is 12.6 Å². The van der Waals surface area contributed by atoms with Crippen molar-refractivity contribution in [1.82, 2.24) is 0 Å². The van der Waals surface area contributed by atoms with Gasteiger partial charge in [-0.2, -0.15) is 0 Å². The number of rotatable bonds is 0. The monoisotopic (exact) mass is 160 g/mol. The largest absolute Gasteiger partial charge is 0.207 e. The second-order valence-electron chi connectivity index (χ2n) is 2.06. The smallest absolute Gasteiger partial charge is 0.139 e. The van der Waals surface area contributed by atoms with Crippen LogP contribution in [0.25, 0.3) is 0 Å². The van der Waals surface area contributed by atoms with Crippen LogP contribution in [-0.2, 0) is 0 Å². The quantitative estimate of drug-likeness (QED) is 0.554. The molecule has 0 amide bonds. The molecule has 0 saturated carbocycles. The van der Waals surface area contributed by atoms with E-state index in [4.69, 9.17) is 0 Å². The minimum atomic E-state index is -0.455. The van der Waals surface area contributed by atoms with Crippen molar-refractivity contribution < 1.29 is 8.78 Å². The van der Waals surface area contributed by atoms with Gasteiger partial charge in [-0.1, -0.05) is 0 Å². The fraction of sp³-hybridized carbons (Fsp3) is 0.143. The maximum absolute atomic E-state index is 12.7. The Labute approximate surface area is 63.3 Å². The molecule has 0 nitrogen and oxygen atoms in total. The van der Waals surface area contributed by atoms with Crippen LogP contribution in [0.5, 0.6) is 0 Å². The highest BCUT2D eigenvalue weighted by Gasteiger charge is 2.03. The molecule has 1 aromatic rings. The van der Waals surface area contributed by atoms with Gasteiger partial charge in [0.25, 0.3) is 0 Å². The first-order valence-electron chi connectivity index (χ1n) is 2.76. The van der Waals surface area contributed by atoms with E-state index in [1.807, 2.05) is 0 Å². The van der Waals surface area contributed by atoms with E-state index >= 15 is 0 Å². The average Bonchev–Trinajstić information content (AvgIpc) is 1.82. The summed E-state index contributed by atoms with van der Waals surface area (Å²) in [5.41, 5.74) is 0.282. The maximum Gasteiger partial charge on any atom is 0.139 e. The van der Waals surface area contributed by atoms with Crippen LogP contribution < -0.4 is 0 Å². The first-order valence-corrected chi connectivity index (χ1v) is 3.20. The molecule has 0 N–H and O–H groups in total. The highest BCUT2D eigenvalue weighted by molar-refractivity contribution is 7.80. The van der Waals surface area contributed by atoms with Gasteiger partial charge in [0.05, 0.1) is 0 Å². The summed E-state index contributed by atoms with van der Waals surface area (Å²) in [7, 11) is 0. The van der Waals surface area contributed by atoms with Crippen LogP contribution in [0.1, 0.15) is 5.56 Å². The van der Waals surface area contributed by atoms with Crippen LogP contribution in [0.15, 0.2) is 17.0 Å². The fourth-order valence-corrected chi connectivity index (χ4v) is 1.01. The van der Waals surface area contributed by atoms with Gasteiger partial charge in [0.2, 0.25) is 0 Å². The minimum absolute atomic E-state index is 0.0532. The Morgan fingerprint density at radius 1 is 1.30 bits per heavy atom. The summed E-state index contributed by atoms with van der Waals surface area (Å²) in [6.45, 7) is 1.50. The number of hydrogen-bond acceptors (Lipinski definition) is 1. The lowest BCUT2D eigenvalue weighted by Crippen LogP contribution is -1.86. The molecule has 0 spiro atoms. The molecule has 1 aromatic carbocycles. The van der Waals surface area contributed by atoms with Crippen molar-refractivity contribution in [1.29, 1.82) is 0 Å². The second kappa shape index (κ2) is 2.58. The van der Waals surface area contributed by atoms with Crippen molar-refractivity contribution in [2.24, 2.45) is 0 Å². The molecule has 0 aromatic heterocycles. The summed E-state index contributed by atoms with van der Waals surface area (Å²) in [5.74, 6) is -0.909. The summed E-state index contributed by atoms with van der Waals surface area (Å²) < 4.78 is 25.1. The zero-order valence-electron chi connectivity index (χ0n) is 5.36. The van der Waals surface area contributed by atoms with Crippen LogP contribution in [0.2, 0.25) is 0 Å². The van der Waals surface area contributed by atoms with Gasteiger partial charge in [-0.05, 0) is 24.6 Å². The number of aryl methyl sites for hydroxylation is 1. The lowest BCUT2D eigenvalue weighted by atomic mass is 10.2. The second-order valence-corrected chi connectivity index (χ2v) is 2.54. The molecule has 0 atom stereocenters. The van der Waals surface area contributed by atoms with Gasteiger partial charge in [-0.3, -0.25) is 0 Å². The zero-order chi connectivity index (χ0) is 7.72. The molecule has 0 heterocycles. The van der Waals surface area contributed by atoms with E-state index < -0.39 is 11.6 Å². The van der Waals surface area contributed by atoms with Crippen molar-refractivity contribution in [3.8, 4) is 0 Å². The van der Waals surface area contributed by atoms with Crippen LogP contribution in [0, 0.1) is 18.6 Å². The van der Waals surface area contributed by atoms with Gasteiger partial charge in [0.15, 0.2) is 0 Å². The normalized spacial score (nSPS) is 10.0. The first-order chi connectivity index (χ1) is 4.61. The van der Waals surface area contributed by atoms with Crippen molar-refractivity contribution in [3.05, 3.63) is 29.3 Å². The minimum Gasteiger partial charge on any atom is -0.207 e. The summed E-state index contributed by atoms with van der Waals surface area (Å²) in [6, 6.07) is 2.18. The molecular formula is C7H6F2S. The highest BCUT2D eigenvalue weighted by atomic mass is 32.1. The van der Waals surface area contributed by atoms with Crippen LogP contribution >= 0.6 is 12.6 Å². The number of benzene rings is 1. The standard InChI is InChI=1S/C7H6F2S/c1-4-2-5(8)3-6(10)7(4)9/h2-3,10H,1H3. The van der Waals surface area contributed by atoms with Gasteiger partial charge in [0, 0.05) is 4.90 Å². The molecule has 0 bridgehead atoms.